The standard InChI is InChI=1S/C28H34ClNO5/c1-3-5-19-12-22(29)9-10-23(19)21-16-30(15-18-6-4-7-18)25-13-20(8-11-26(25)35-17-21)24(14-27(31)32)28(33)34-2/h8-13,18,21,24H,3-7,14-17H2,1-2H3,(H,31,32)/t21?,24-/m1/s1. The van der Waals surface area contributed by atoms with Gasteiger partial charge in [-0.3, -0.25) is 9.59 Å². The lowest BCUT2D eigenvalue weighted by Gasteiger charge is -2.35. The van der Waals surface area contributed by atoms with Crippen LogP contribution in [0.1, 0.15) is 67.6 Å². The molecular weight excluding hydrogens is 466 g/mol. The Morgan fingerprint density at radius 1 is 1.23 bits per heavy atom. The molecule has 2 aliphatic rings. The largest absolute Gasteiger partial charge is 0.491 e. The van der Waals surface area contributed by atoms with Gasteiger partial charge in [0, 0.05) is 24.0 Å². The van der Waals surface area contributed by atoms with Gasteiger partial charge in [-0.1, -0.05) is 43.5 Å². The molecule has 35 heavy (non-hydrogen) atoms. The highest BCUT2D eigenvalue weighted by Crippen LogP contribution is 2.40. The van der Waals surface area contributed by atoms with E-state index in [-0.39, 0.29) is 12.3 Å². The summed E-state index contributed by atoms with van der Waals surface area (Å²) in [7, 11) is 1.29. The number of carboxylic acid groups (broad SMARTS) is 1. The van der Waals surface area contributed by atoms with Crippen LogP contribution in [0.3, 0.4) is 0 Å². The minimum Gasteiger partial charge on any atom is -0.491 e. The van der Waals surface area contributed by atoms with Crippen LogP contribution >= 0.6 is 11.6 Å². The highest BCUT2D eigenvalue weighted by Gasteiger charge is 2.31. The number of hydrogen-bond donors (Lipinski definition) is 1. The Kier molecular flexibility index (Phi) is 8.22. The second-order valence-electron chi connectivity index (χ2n) is 9.70. The third kappa shape index (κ3) is 5.92. The number of anilines is 1. The summed E-state index contributed by atoms with van der Waals surface area (Å²) in [5.74, 6) is -0.888. The maximum atomic E-state index is 12.4. The average molecular weight is 500 g/mol. The molecule has 1 fully saturated rings. The van der Waals surface area contributed by atoms with Crippen molar-refractivity contribution in [3.05, 3.63) is 58.1 Å². The summed E-state index contributed by atoms with van der Waals surface area (Å²) in [6.45, 7) is 4.41. The molecule has 1 aliphatic heterocycles. The van der Waals surface area contributed by atoms with Crippen molar-refractivity contribution in [3.63, 3.8) is 0 Å². The second-order valence-corrected chi connectivity index (χ2v) is 10.1. The monoisotopic (exact) mass is 499 g/mol. The number of benzene rings is 2. The third-order valence-electron chi connectivity index (χ3n) is 7.24. The second kappa shape index (κ2) is 11.3. The van der Waals surface area contributed by atoms with Gasteiger partial charge >= 0.3 is 11.9 Å². The molecule has 188 valence electrons. The van der Waals surface area contributed by atoms with Gasteiger partial charge in [-0.15, -0.1) is 0 Å². The first-order valence-corrected chi connectivity index (χ1v) is 12.9. The topological polar surface area (TPSA) is 76.1 Å². The van der Waals surface area contributed by atoms with E-state index >= 15 is 0 Å². The maximum Gasteiger partial charge on any atom is 0.313 e. The summed E-state index contributed by atoms with van der Waals surface area (Å²) in [6, 6.07) is 11.7. The van der Waals surface area contributed by atoms with E-state index in [2.05, 4.69) is 24.0 Å². The quantitative estimate of drug-likeness (QED) is 0.439. The van der Waals surface area contributed by atoms with Crippen molar-refractivity contribution in [2.24, 2.45) is 5.92 Å². The molecule has 2 aromatic carbocycles. The van der Waals surface area contributed by atoms with Crippen molar-refractivity contribution in [2.45, 2.75) is 57.3 Å². The number of ether oxygens (including phenoxy) is 2. The predicted octanol–water partition coefficient (Wildman–Crippen LogP) is 5.81. The number of nitrogens with zero attached hydrogens (tertiary/aromatic N) is 1. The lowest BCUT2D eigenvalue weighted by Crippen LogP contribution is -2.35. The molecule has 6 nitrogen and oxygen atoms in total. The third-order valence-corrected chi connectivity index (χ3v) is 7.47. The number of aryl methyl sites for hydroxylation is 1. The molecule has 1 saturated carbocycles. The fourth-order valence-corrected chi connectivity index (χ4v) is 5.38. The molecule has 2 aromatic rings. The van der Waals surface area contributed by atoms with E-state index in [9.17, 15) is 14.7 Å². The molecule has 0 aromatic heterocycles. The predicted molar refractivity (Wildman–Crippen MR) is 137 cm³/mol. The Morgan fingerprint density at radius 3 is 2.69 bits per heavy atom. The molecule has 7 heteroatoms. The molecular formula is C28H34ClNO5. The van der Waals surface area contributed by atoms with Crippen molar-refractivity contribution in [1.29, 1.82) is 0 Å². The molecule has 1 heterocycles. The van der Waals surface area contributed by atoms with Crippen molar-refractivity contribution < 1.29 is 24.2 Å². The highest BCUT2D eigenvalue weighted by molar-refractivity contribution is 6.30. The van der Waals surface area contributed by atoms with E-state index in [1.54, 1.807) is 6.07 Å². The molecule has 0 radical (unpaired) electrons. The van der Waals surface area contributed by atoms with E-state index in [0.29, 0.717) is 18.1 Å². The van der Waals surface area contributed by atoms with Gasteiger partial charge in [-0.25, -0.2) is 0 Å². The lowest BCUT2D eigenvalue weighted by atomic mass is 9.84. The van der Waals surface area contributed by atoms with Crippen LogP contribution in [-0.2, 0) is 20.7 Å². The Bertz CT molecular complexity index is 1070. The van der Waals surface area contributed by atoms with E-state index in [1.807, 2.05) is 18.2 Å². The Hall–Kier alpha value is -2.73. The van der Waals surface area contributed by atoms with Crippen LogP contribution in [0.4, 0.5) is 5.69 Å². The molecule has 0 bridgehead atoms. The fourth-order valence-electron chi connectivity index (χ4n) is 5.19. The normalized spacial score (nSPS) is 18.6. The number of hydrogen-bond acceptors (Lipinski definition) is 5. The fraction of sp³-hybridized carbons (Fsp3) is 0.500. The van der Waals surface area contributed by atoms with Gasteiger partial charge in [0.25, 0.3) is 0 Å². The lowest BCUT2D eigenvalue weighted by molar-refractivity contribution is -0.147. The summed E-state index contributed by atoms with van der Waals surface area (Å²) in [5.41, 5.74) is 4.08. The van der Waals surface area contributed by atoms with Crippen LogP contribution in [0.15, 0.2) is 36.4 Å². The van der Waals surface area contributed by atoms with Crippen LogP contribution in [0.2, 0.25) is 5.02 Å². The van der Waals surface area contributed by atoms with Gasteiger partial charge in [0.1, 0.15) is 5.75 Å². The Morgan fingerprint density at radius 2 is 2.03 bits per heavy atom. The SMILES string of the molecule is CCCc1cc(Cl)ccc1C1COc2ccc([C@@H](CC(=O)O)C(=O)OC)cc2N(CC2CCC2)C1. The first-order chi connectivity index (χ1) is 16.9. The number of carbonyl (C=O) groups excluding carboxylic acids is 1. The van der Waals surface area contributed by atoms with Crippen molar-refractivity contribution in [3.8, 4) is 5.75 Å². The van der Waals surface area contributed by atoms with Crippen molar-refractivity contribution in [2.75, 3.05) is 31.7 Å². The van der Waals surface area contributed by atoms with Gasteiger partial charge in [0.15, 0.2) is 0 Å². The zero-order valence-electron chi connectivity index (χ0n) is 20.5. The van der Waals surface area contributed by atoms with Gasteiger partial charge in [0.05, 0.1) is 31.7 Å². The van der Waals surface area contributed by atoms with E-state index in [1.165, 1.54) is 37.5 Å². The first kappa shape index (κ1) is 25.4. The molecule has 1 aliphatic carbocycles. The Balaban J connectivity index is 1.70. The number of methoxy groups -OCH3 is 1. The molecule has 1 unspecified atom stereocenters. The number of esters is 1. The van der Waals surface area contributed by atoms with Crippen LogP contribution in [-0.4, -0.2) is 43.9 Å². The van der Waals surface area contributed by atoms with Crippen molar-refractivity contribution >= 4 is 29.2 Å². The molecule has 1 N–H and O–H groups in total. The number of carbonyl (C=O) groups is 2. The minimum absolute atomic E-state index is 0.167. The van der Waals surface area contributed by atoms with Gasteiger partial charge < -0.3 is 19.5 Å². The number of carboxylic acids is 1. The minimum atomic E-state index is -1.04. The van der Waals surface area contributed by atoms with Gasteiger partial charge in [-0.05, 0) is 66.1 Å². The van der Waals surface area contributed by atoms with E-state index in [0.717, 1.165) is 42.4 Å². The summed E-state index contributed by atoms with van der Waals surface area (Å²) >= 11 is 6.32. The van der Waals surface area contributed by atoms with Crippen LogP contribution < -0.4 is 9.64 Å². The molecule has 4 rings (SSSR count). The summed E-state index contributed by atoms with van der Waals surface area (Å²) in [6.07, 6.45) is 5.36. The molecule has 0 saturated heterocycles. The van der Waals surface area contributed by atoms with Crippen LogP contribution in [0.25, 0.3) is 0 Å². The maximum absolute atomic E-state index is 12.4. The molecule has 0 amide bonds. The zero-order valence-corrected chi connectivity index (χ0v) is 21.2. The summed E-state index contributed by atoms with van der Waals surface area (Å²) in [5, 5.41) is 10.1. The molecule has 2 atom stereocenters. The smallest absolute Gasteiger partial charge is 0.313 e. The van der Waals surface area contributed by atoms with E-state index < -0.39 is 17.9 Å². The van der Waals surface area contributed by atoms with Crippen LogP contribution in [0.5, 0.6) is 5.75 Å². The molecule has 0 spiro atoms. The highest BCUT2D eigenvalue weighted by atomic mass is 35.5. The number of rotatable bonds is 9. The van der Waals surface area contributed by atoms with Crippen molar-refractivity contribution in [1.82, 2.24) is 0 Å². The zero-order chi connectivity index (χ0) is 24.9. The average Bonchev–Trinajstić information content (AvgIpc) is 2.98. The first-order valence-electron chi connectivity index (χ1n) is 12.5. The number of fused-ring (bicyclic) bond motifs is 1. The Labute approximate surface area is 212 Å². The number of aliphatic carboxylic acids is 1. The van der Waals surface area contributed by atoms with Crippen LogP contribution in [0, 0.1) is 5.92 Å². The number of halogens is 1. The van der Waals surface area contributed by atoms with Gasteiger partial charge in [-0.2, -0.15) is 0 Å². The summed E-state index contributed by atoms with van der Waals surface area (Å²) < 4.78 is 11.3. The van der Waals surface area contributed by atoms with Gasteiger partial charge in [0.2, 0.25) is 0 Å². The van der Waals surface area contributed by atoms with E-state index in [4.69, 9.17) is 21.1 Å². The summed E-state index contributed by atoms with van der Waals surface area (Å²) in [4.78, 5) is 26.3.